The molecule has 2 amide bonds. The molecule has 120 valence electrons. The summed E-state index contributed by atoms with van der Waals surface area (Å²) >= 11 is 25.6. The van der Waals surface area contributed by atoms with Crippen LogP contribution in [0.1, 0.15) is 12.8 Å². The zero-order valence-electron chi connectivity index (χ0n) is 11.7. The van der Waals surface area contributed by atoms with Gasteiger partial charge in [-0.05, 0) is 31.0 Å². The fourth-order valence-corrected chi connectivity index (χ4v) is 5.29. The lowest BCUT2D eigenvalue weighted by atomic mass is 9.62. The molecule has 2 bridgehead atoms. The lowest BCUT2D eigenvalue weighted by Gasteiger charge is -2.48. The fourth-order valence-electron chi connectivity index (χ4n) is 3.94. The minimum absolute atomic E-state index is 0.225. The molecule has 3 nitrogen and oxygen atoms in total. The highest BCUT2D eigenvalue weighted by Crippen LogP contribution is 2.62. The van der Waals surface area contributed by atoms with E-state index >= 15 is 0 Å². The van der Waals surface area contributed by atoms with Gasteiger partial charge in [0, 0.05) is 16.9 Å². The first-order valence-corrected chi connectivity index (χ1v) is 8.73. The number of nitrogens with zero attached hydrogens (tertiary/aromatic N) is 1. The second-order valence-electron chi connectivity index (χ2n) is 6.14. The van der Waals surface area contributed by atoms with Crippen molar-refractivity contribution < 1.29 is 9.59 Å². The maximum absolute atomic E-state index is 13.1. The van der Waals surface area contributed by atoms with Crippen LogP contribution >= 0.6 is 46.4 Å². The SMILES string of the molecule is O=C1N(c2cc(Cl)ccc2Cl)C(=O)C2(Cl)C3C=CC(CC3)C12Cl. The number of benzene rings is 1. The van der Waals surface area contributed by atoms with Crippen LogP contribution in [0.5, 0.6) is 0 Å². The van der Waals surface area contributed by atoms with Gasteiger partial charge >= 0.3 is 0 Å². The Labute approximate surface area is 153 Å². The van der Waals surface area contributed by atoms with Gasteiger partial charge in [-0.1, -0.05) is 35.4 Å². The van der Waals surface area contributed by atoms with E-state index in [1.807, 2.05) is 12.2 Å². The number of hydrogen-bond acceptors (Lipinski definition) is 2. The Morgan fingerprint density at radius 1 is 0.957 bits per heavy atom. The Kier molecular flexibility index (Phi) is 3.35. The van der Waals surface area contributed by atoms with E-state index in [0.717, 1.165) is 17.7 Å². The van der Waals surface area contributed by atoms with Gasteiger partial charge in [-0.15, -0.1) is 23.2 Å². The molecule has 1 aromatic carbocycles. The summed E-state index contributed by atoms with van der Waals surface area (Å²) in [4.78, 5) is 24.2. The summed E-state index contributed by atoms with van der Waals surface area (Å²) in [6.45, 7) is 0. The summed E-state index contributed by atoms with van der Waals surface area (Å²) in [5, 5.41) is 0.615. The van der Waals surface area contributed by atoms with Gasteiger partial charge in [0.2, 0.25) is 0 Å². The summed E-state index contributed by atoms with van der Waals surface area (Å²) in [7, 11) is 0. The summed E-state index contributed by atoms with van der Waals surface area (Å²) in [5.41, 5.74) is 0.225. The number of halogens is 4. The van der Waals surface area contributed by atoms with Crippen LogP contribution < -0.4 is 4.90 Å². The van der Waals surface area contributed by atoms with Crippen LogP contribution in [0.25, 0.3) is 0 Å². The van der Waals surface area contributed by atoms with Crippen LogP contribution in [-0.2, 0) is 9.59 Å². The van der Waals surface area contributed by atoms with E-state index in [4.69, 9.17) is 46.4 Å². The van der Waals surface area contributed by atoms with Gasteiger partial charge in [0.15, 0.2) is 9.75 Å². The number of anilines is 1. The average Bonchev–Trinajstić information content (AvgIpc) is 2.71. The minimum Gasteiger partial charge on any atom is -0.272 e. The predicted octanol–water partition coefficient (Wildman–Crippen LogP) is 4.42. The number of hydrogen-bond donors (Lipinski definition) is 0. The molecule has 4 atom stereocenters. The molecule has 0 radical (unpaired) electrons. The zero-order chi connectivity index (χ0) is 16.6. The molecule has 1 aromatic rings. The first-order valence-electron chi connectivity index (χ1n) is 7.22. The topological polar surface area (TPSA) is 37.4 Å². The van der Waals surface area contributed by atoms with Crippen LogP contribution in [0.4, 0.5) is 5.69 Å². The second kappa shape index (κ2) is 4.89. The van der Waals surface area contributed by atoms with E-state index in [1.165, 1.54) is 12.1 Å². The fraction of sp³-hybridized carbons (Fsp3) is 0.375. The van der Waals surface area contributed by atoms with E-state index in [2.05, 4.69) is 0 Å². The molecule has 0 spiro atoms. The molecule has 1 saturated heterocycles. The lowest BCUT2D eigenvalue weighted by molar-refractivity contribution is -0.122. The highest BCUT2D eigenvalue weighted by molar-refractivity contribution is 6.58. The average molecular weight is 391 g/mol. The van der Waals surface area contributed by atoms with Crippen molar-refractivity contribution in [2.45, 2.75) is 22.6 Å². The molecule has 7 heteroatoms. The summed E-state index contributed by atoms with van der Waals surface area (Å²) < 4.78 is 0. The van der Waals surface area contributed by atoms with Crippen LogP contribution in [0.3, 0.4) is 0 Å². The minimum atomic E-state index is -1.48. The van der Waals surface area contributed by atoms with Gasteiger partial charge in [-0.3, -0.25) is 9.59 Å². The Morgan fingerprint density at radius 2 is 1.48 bits per heavy atom. The number of carbonyl (C=O) groups is 2. The number of allylic oxidation sites excluding steroid dienone is 2. The second-order valence-corrected chi connectivity index (χ2v) is 8.18. The third kappa shape index (κ3) is 1.74. The molecular formula is C16H11Cl4NO2. The van der Waals surface area contributed by atoms with E-state index in [0.29, 0.717) is 5.02 Å². The Morgan fingerprint density at radius 3 is 1.96 bits per heavy atom. The molecule has 5 rings (SSSR count). The number of carbonyl (C=O) groups excluding carboxylic acids is 2. The zero-order valence-corrected chi connectivity index (χ0v) is 14.8. The summed E-state index contributed by atoms with van der Waals surface area (Å²) in [6.07, 6.45) is 5.26. The summed E-state index contributed by atoms with van der Waals surface area (Å²) in [5.74, 6) is -1.60. The first kappa shape index (κ1) is 15.8. The van der Waals surface area contributed by atoms with Gasteiger partial charge in [0.05, 0.1) is 10.7 Å². The van der Waals surface area contributed by atoms with Gasteiger partial charge < -0.3 is 0 Å². The number of imide groups is 1. The highest BCUT2D eigenvalue weighted by atomic mass is 35.5. The van der Waals surface area contributed by atoms with Crippen molar-refractivity contribution in [1.29, 1.82) is 0 Å². The quantitative estimate of drug-likeness (QED) is 0.404. The van der Waals surface area contributed by atoms with E-state index in [9.17, 15) is 9.59 Å². The maximum atomic E-state index is 13.1. The van der Waals surface area contributed by atoms with Gasteiger partial charge in [0.25, 0.3) is 11.8 Å². The van der Waals surface area contributed by atoms with Crippen LogP contribution in [0, 0.1) is 11.8 Å². The molecular weight excluding hydrogens is 380 g/mol. The van der Waals surface area contributed by atoms with Crippen molar-refractivity contribution in [3.05, 3.63) is 40.4 Å². The van der Waals surface area contributed by atoms with Crippen molar-refractivity contribution in [2.75, 3.05) is 4.90 Å². The molecule has 3 aliphatic carbocycles. The molecule has 23 heavy (non-hydrogen) atoms. The number of rotatable bonds is 1. The molecule has 4 aliphatic rings. The van der Waals surface area contributed by atoms with E-state index in [1.54, 1.807) is 6.07 Å². The standard InChI is InChI=1S/C16H11Cl4NO2/c17-10-5-6-11(18)12(7-10)21-13(22)15(19)8-1-2-9(4-3-8)16(15,20)14(21)23/h1-2,5-9H,3-4H2. The number of fused-ring (bicyclic) bond motifs is 1. The van der Waals surface area contributed by atoms with Crippen molar-refractivity contribution in [1.82, 2.24) is 0 Å². The first-order chi connectivity index (χ1) is 10.8. The molecule has 2 fully saturated rings. The Hall–Kier alpha value is -0.740. The van der Waals surface area contributed by atoms with Crippen molar-refractivity contribution in [2.24, 2.45) is 11.8 Å². The monoisotopic (exact) mass is 389 g/mol. The van der Waals surface area contributed by atoms with E-state index < -0.39 is 21.6 Å². The van der Waals surface area contributed by atoms with Crippen LogP contribution in [-0.4, -0.2) is 21.6 Å². The largest absolute Gasteiger partial charge is 0.272 e. The van der Waals surface area contributed by atoms with Gasteiger partial charge in [-0.25, -0.2) is 4.90 Å². The van der Waals surface area contributed by atoms with Crippen LogP contribution in [0.15, 0.2) is 30.4 Å². The molecule has 0 aromatic heterocycles. The van der Waals surface area contributed by atoms with Crippen molar-refractivity contribution >= 4 is 63.9 Å². The molecule has 1 aliphatic heterocycles. The van der Waals surface area contributed by atoms with Gasteiger partial charge in [-0.2, -0.15) is 0 Å². The predicted molar refractivity (Wildman–Crippen MR) is 91.5 cm³/mol. The summed E-state index contributed by atoms with van der Waals surface area (Å²) in [6, 6.07) is 4.60. The highest BCUT2D eigenvalue weighted by Gasteiger charge is 2.76. The molecule has 1 heterocycles. The normalized spacial score (nSPS) is 38.3. The van der Waals surface area contributed by atoms with E-state index in [-0.39, 0.29) is 22.5 Å². The van der Waals surface area contributed by atoms with Crippen molar-refractivity contribution in [3.8, 4) is 0 Å². The smallest absolute Gasteiger partial charge is 0.258 e. The van der Waals surface area contributed by atoms with Crippen LogP contribution in [0.2, 0.25) is 10.0 Å². The Bertz CT molecular complexity index is 741. The van der Waals surface area contributed by atoms with Crippen molar-refractivity contribution in [3.63, 3.8) is 0 Å². The van der Waals surface area contributed by atoms with Gasteiger partial charge in [0.1, 0.15) is 0 Å². The number of amides is 2. The third-order valence-electron chi connectivity index (χ3n) is 5.09. The molecule has 0 N–H and O–H groups in total. The third-order valence-corrected chi connectivity index (χ3v) is 7.23. The number of alkyl halides is 2. The Balaban J connectivity index is 1.92. The maximum Gasteiger partial charge on any atom is 0.258 e. The molecule has 4 unspecified atom stereocenters. The lowest BCUT2D eigenvalue weighted by Crippen LogP contribution is -2.61. The molecule has 1 saturated carbocycles.